The number of carboxylic acids is 1. The largest absolute Gasteiger partial charge is 0.480 e. The van der Waals surface area contributed by atoms with Crippen molar-refractivity contribution in [1.29, 1.82) is 0 Å². The average Bonchev–Trinajstić information content (AvgIpc) is 2.22. The van der Waals surface area contributed by atoms with Gasteiger partial charge in [-0.15, -0.1) is 0 Å². The van der Waals surface area contributed by atoms with Crippen LogP contribution < -0.4 is 5.32 Å². The number of carbonyl (C=O) groups is 2. The summed E-state index contributed by atoms with van der Waals surface area (Å²) in [6, 6.07) is -1.36. The molecule has 0 bridgehead atoms. The Morgan fingerprint density at radius 3 is 2.28 bits per heavy atom. The van der Waals surface area contributed by atoms with Gasteiger partial charge >= 0.3 is 5.97 Å². The van der Waals surface area contributed by atoms with Crippen molar-refractivity contribution in [3.05, 3.63) is 0 Å². The standard InChI is InChI=1S/C11H21NO5S/c1-3-4-5-6-7-18(16,17)8-10(11(14)15)12-9(2)13/h10H,3-8H2,1-2H3,(H,12,13)(H,14,15). The molecule has 0 saturated carbocycles. The summed E-state index contributed by atoms with van der Waals surface area (Å²) in [5.74, 6) is -2.46. The molecule has 1 atom stereocenters. The molecule has 0 saturated heterocycles. The Morgan fingerprint density at radius 2 is 1.83 bits per heavy atom. The molecule has 0 aliphatic heterocycles. The fourth-order valence-electron chi connectivity index (χ4n) is 1.51. The lowest BCUT2D eigenvalue weighted by atomic mass is 10.2. The second-order valence-corrected chi connectivity index (χ2v) is 6.50. The zero-order valence-corrected chi connectivity index (χ0v) is 11.6. The summed E-state index contributed by atoms with van der Waals surface area (Å²) in [4.78, 5) is 21.6. The van der Waals surface area contributed by atoms with E-state index in [0.717, 1.165) is 26.2 Å². The zero-order chi connectivity index (χ0) is 14.2. The van der Waals surface area contributed by atoms with E-state index in [4.69, 9.17) is 5.11 Å². The third kappa shape index (κ3) is 8.05. The number of sulfone groups is 1. The van der Waals surface area contributed by atoms with Crippen LogP contribution in [0.2, 0.25) is 0 Å². The third-order valence-corrected chi connectivity index (χ3v) is 4.16. The van der Waals surface area contributed by atoms with Crippen LogP contribution >= 0.6 is 0 Å². The van der Waals surface area contributed by atoms with Crippen LogP contribution in [0.25, 0.3) is 0 Å². The van der Waals surface area contributed by atoms with Gasteiger partial charge in [-0.05, 0) is 6.42 Å². The van der Waals surface area contributed by atoms with E-state index in [0.29, 0.717) is 6.42 Å². The molecule has 18 heavy (non-hydrogen) atoms. The fraction of sp³-hybridized carbons (Fsp3) is 0.818. The van der Waals surface area contributed by atoms with Gasteiger partial charge in [-0.25, -0.2) is 13.2 Å². The minimum Gasteiger partial charge on any atom is -0.480 e. The summed E-state index contributed by atoms with van der Waals surface area (Å²) in [6.07, 6.45) is 3.31. The highest BCUT2D eigenvalue weighted by atomic mass is 32.2. The van der Waals surface area contributed by atoms with E-state index in [2.05, 4.69) is 5.32 Å². The third-order valence-electron chi connectivity index (χ3n) is 2.41. The lowest BCUT2D eigenvalue weighted by Gasteiger charge is -2.13. The molecule has 0 aliphatic carbocycles. The molecule has 1 unspecified atom stereocenters. The normalized spacial score (nSPS) is 13.0. The molecule has 6 nitrogen and oxygen atoms in total. The van der Waals surface area contributed by atoms with Crippen molar-refractivity contribution in [2.75, 3.05) is 11.5 Å². The summed E-state index contributed by atoms with van der Waals surface area (Å²) in [5.41, 5.74) is 0. The average molecular weight is 279 g/mol. The van der Waals surface area contributed by atoms with E-state index in [-0.39, 0.29) is 5.75 Å². The summed E-state index contributed by atoms with van der Waals surface area (Å²) < 4.78 is 23.4. The van der Waals surface area contributed by atoms with E-state index in [1.165, 1.54) is 0 Å². The predicted molar refractivity (Wildman–Crippen MR) is 68.0 cm³/mol. The number of aliphatic carboxylic acids is 1. The van der Waals surface area contributed by atoms with Gasteiger partial charge in [0, 0.05) is 6.92 Å². The molecule has 0 spiro atoms. The van der Waals surface area contributed by atoms with Crippen molar-refractivity contribution < 1.29 is 23.1 Å². The first-order valence-corrected chi connectivity index (χ1v) is 7.81. The summed E-state index contributed by atoms with van der Waals surface area (Å²) in [7, 11) is -3.45. The quantitative estimate of drug-likeness (QED) is 0.601. The highest BCUT2D eigenvalue weighted by Crippen LogP contribution is 2.04. The zero-order valence-electron chi connectivity index (χ0n) is 10.8. The van der Waals surface area contributed by atoms with Gasteiger partial charge in [-0.2, -0.15) is 0 Å². The minimum atomic E-state index is -3.45. The molecule has 0 aromatic carbocycles. The first-order valence-electron chi connectivity index (χ1n) is 5.99. The molecular formula is C11H21NO5S. The molecule has 0 fully saturated rings. The Kier molecular flexibility index (Phi) is 7.58. The van der Waals surface area contributed by atoms with Crippen molar-refractivity contribution in [2.45, 2.75) is 45.6 Å². The molecule has 2 N–H and O–H groups in total. The number of amides is 1. The van der Waals surface area contributed by atoms with Crippen LogP contribution in [0.1, 0.15) is 39.5 Å². The highest BCUT2D eigenvalue weighted by molar-refractivity contribution is 7.91. The molecule has 0 radical (unpaired) electrons. The maximum atomic E-state index is 11.7. The number of hydrogen-bond acceptors (Lipinski definition) is 4. The lowest BCUT2D eigenvalue weighted by Crippen LogP contribution is -2.44. The maximum Gasteiger partial charge on any atom is 0.327 e. The number of carboxylic acid groups (broad SMARTS) is 1. The first kappa shape index (κ1) is 16.9. The number of hydrogen-bond donors (Lipinski definition) is 2. The van der Waals surface area contributed by atoms with Crippen molar-refractivity contribution in [2.24, 2.45) is 0 Å². The van der Waals surface area contributed by atoms with Crippen molar-refractivity contribution in [3.63, 3.8) is 0 Å². The van der Waals surface area contributed by atoms with Gasteiger partial charge in [0.1, 0.15) is 6.04 Å². The van der Waals surface area contributed by atoms with E-state index in [1.807, 2.05) is 6.92 Å². The van der Waals surface area contributed by atoms with Gasteiger partial charge in [0.2, 0.25) is 5.91 Å². The Labute approximate surface area is 108 Å². The Hall–Kier alpha value is -1.11. The first-order chi connectivity index (χ1) is 8.28. The molecule has 106 valence electrons. The second-order valence-electron chi connectivity index (χ2n) is 4.27. The molecule has 0 rings (SSSR count). The molecular weight excluding hydrogens is 258 g/mol. The van der Waals surface area contributed by atoms with Gasteiger partial charge < -0.3 is 10.4 Å². The molecule has 0 heterocycles. The fourth-order valence-corrected chi connectivity index (χ4v) is 3.05. The van der Waals surface area contributed by atoms with Crippen molar-refractivity contribution in [3.8, 4) is 0 Å². The van der Waals surface area contributed by atoms with E-state index in [9.17, 15) is 18.0 Å². The summed E-state index contributed by atoms with van der Waals surface area (Å²) >= 11 is 0. The van der Waals surface area contributed by atoms with Crippen LogP contribution in [-0.2, 0) is 19.4 Å². The number of carbonyl (C=O) groups excluding carboxylic acids is 1. The predicted octanol–water partition coefficient (Wildman–Crippen LogP) is 0.571. The van der Waals surface area contributed by atoms with Gasteiger partial charge in [-0.3, -0.25) is 4.79 Å². The second kappa shape index (κ2) is 8.07. The number of unbranched alkanes of at least 4 members (excludes halogenated alkanes) is 3. The SMILES string of the molecule is CCCCCCS(=O)(=O)CC(NC(C)=O)C(=O)O. The number of rotatable bonds is 9. The van der Waals surface area contributed by atoms with Gasteiger partial charge in [0.25, 0.3) is 0 Å². The van der Waals surface area contributed by atoms with Gasteiger partial charge in [0.15, 0.2) is 9.84 Å². The van der Waals surface area contributed by atoms with Gasteiger partial charge in [0.05, 0.1) is 11.5 Å². The van der Waals surface area contributed by atoms with E-state index in [1.54, 1.807) is 0 Å². The van der Waals surface area contributed by atoms with Gasteiger partial charge in [-0.1, -0.05) is 26.2 Å². The molecule has 0 aromatic rings. The minimum absolute atomic E-state index is 0.0314. The van der Waals surface area contributed by atoms with Crippen LogP contribution in [0.5, 0.6) is 0 Å². The Bertz CT molecular complexity index is 377. The van der Waals surface area contributed by atoms with Crippen LogP contribution in [0.15, 0.2) is 0 Å². The molecule has 0 aliphatic rings. The van der Waals surface area contributed by atoms with E-state index >= 15 is 0 Å². The summed E-state index contributed by atoms with van der Waals surface area (Å²) in [6.45, 7) is 3.18. The van der Waals surface area contributed by atoms with Crippen LogP contribution in [0.4, 0.5) is 0 Å². The molecule has 1 amide bonds. The van der Waals surface area contributed by atoms with Crippen molar-refractivity contribution in [1.82, 2.24) is 5.32 Å². The van der Waals surface area contributed by atoms with Crippen LogP contribution in [0.3, 0.4) is 0 Å². The van der Waals surface area contributed by atoms with Crippen LogP contribution in [0, 0.1) is 0 Å². The topological polar surface area (TPSA) is 101 Å². The number of nitrogens with one attached hydrogen (secondary N) is 1. The Morgan fingerprint density at radius 1 is 1.22 bits per heavy atom. The summed E-state index contributed by atoms with van der Waals surface area (Å²) in [5, 5.41) is 10.9. The van der Waals surface area contributed by atoms with E-state index < -0.39 is 33.5 Å². The maximum absolute atomic E-state index is 11.7. The smallest absolute Gasteiger partial charge is 0.327 e. The van der Waals surface area contributed by atoms with Crippen molar-refractivity contribution >= 4 is 21.7 Å². The highest BCUT2D eigenvalue weighted by Gasteiger charge is 2.25. The van der Waals surface area contributed by atoms with Crippen LogP contribution in [-0.4, -0.2) is 42.9 Å². The molecule has 0 aromatic heterocycles. The Balaban J connectivity index is 4.33. The molecule has 7 heteroatoms. The lowest BCUT2D eigenvalue weighted by molar-refractivity contribution is -0.140. The monoisotopic (exact) mass is 279 g/mol.